The number of carbonyl (C=O) groups is 1. The van der Waals surface area contributed by atoms with Crippen LogP contribution in [0.4, 0.5) is 5.69 Å². The Morgan fingerprint density at radius 1 is 1.35 bits per heavy atom. The van der Waals surface area contributed by atoms with Gasteiger partial charge in [0.2, 0.25) is 15.9 Å². The van der Waals surface area contributed by atoms with Crippen molar-refractivity contribution < 1.29 is 17.9 Å². The molecule has 1 aliphatic heterocycles. The van der Waals surface area contributed by atoms with E-state index in [0.717, 1.165) is 12.8 Å². The fourth-order valence-electron chi connectivity index (χ4n) is 2.62. The molecule has 0 saturated carbocycles. The van der Waals surface area contributed by atoms with Crippen molar-refractivity contribution in [2.75, 3.05) is 31.6 Å². The van der Waals surface area contributed by atoms with Crippen molar-refractivity contribution in [2.24, 2.45) is 5.92 Å². The standard InChI is InChI=1S/C16H24N2O4S/c1-3-22-12-16(19)17-14-6-8-15(9-7-14)23(20,21)18-10-4-5-13(2)11-18/h6-9,13H,3-5,10-12H2,1-2H3,(H,17,19). The lowest BCUT2D eigenvalue weighted by Gasteiger charge is -2.30. The number of piperidine rings is 1. The highest BCUT2D eigenvalue weighted by Crippen LogP contribution is 2.24. The topological polar surface area (TPSA) is 75.7 Å². The van der Waals surface area contributed by atoms with Crippen LogP contribution < -0.4 is 5.32 Å². The molecule has 1 aromatic carbocycles. The average molecular weight is 340 g/mol. The van der Waals surface area contributed by atoms with Gasteiger partial charge in [-0.2, -0.15) is 4.31 Å². The van der Waals surface area contributed by atoms with Gasteiger partial charge in [-0.3, -0.25) is 4.79 Å². The van der Waals surface area contributed by atoms with E-state index in [1.807, 2.05) is 6.92 Å². The number of nitrogens with zero attached hydrogens (tertiary/aromatic N) is 1. The van der Waals surface area contributed by atoms with Gasteiger partial charge in [0.25, 0.3) is 0 Å². The second-order valence-corrected chi connectivity index (χ2v) is 7.76. The molecule has 23 heavy (non-hydrogen) atoms. The predicted molar refractivity (Wildman–Crippen MR) is 88.7 cm³/mol. The minimum absolute atomic E-state index is 0.0117. The lowest BCUT2D eigenvalue weighted by molar-refractivity contribution is -0.120. The average Bonchev–Trinajstić information content (AvgIpc) is 2.53. The normalized spacial score (nSPS) is 19.5. The predicted octanol–water partition coefficient (Wildman–Crippen LogP) is 2.08. The molecule has 128 valence electrons. The number of hydrogen-bond acceptors (Lipinski definition) is 4. The van der Waals surface area contributed by atoms with Crippen molar-refractivity contribution in [3.05, 3.63) is 24.3 Å². The maximum Gasteiger partial charge on any atom is 0.250 e. The molecular weight excluding hydrogens is 316 g/mol. The first-order valence-electron chi connectivity index (χ1n) is 7.91. The first-order valence-corrected chi connectivity index (χ1v) is 9.35. The molecule has 1 amide bonds. The van der Waals surface area contributed by atoms with Crippen LogP contribution in [0.1, 0.15) is 26.7 Å². The highest BCUT2D eigenvalue weighted by Gasteiger charge is 2.28. The molecule has 1 aromatic rings. The Balaban J connectivity index is 2.04. The van der Waals surface area contributed by atoms with Crippen molar-refractivity contribution in [1.29, 1.82) is 0 Å². The van der Waals surface area contributed by atoms with Crippen LogP contribution in [0.5, 0.6) is 0 Å². The number of amides is 1. The summed E-state index contributed by atoms with van der Waals surface area (Å²) in [5.41, 5.74) is 0.556. The zero-order chi connectivity index (χ0) is 16.9. The Bertz CT molecular complexity index is 628. The van der Waals surface area contributed by atoms with E-state index < -0.39 is 10.0 Å². The van der Waals surface area contributed by atoms with Gasteiger partial charge in [-0.15, -0.1) is 0 Å². The number of ether oxygens (including phenoxy) is 1. The molecule has 1 fully saturated rings. The van der Waals surface area contributed by atoms with Crippen LogP contribution in [0.2, 0.25) is 0 Å². The van der Waals surface area contributed by atoms with Gasteiger partial charge in [-0.05, 0) is 49.9 Å². The second-order valence-electron chi connectivity index (χ2n) is 5.82. The van der Waals surface area contributed by atoms with Crippen LogP contribution in [0, 0.1) is 5.92 Å². The van der Waals surface area contributed by atoms with Gasteiger partial charge in [0.05, 0.1) is 4.90 Å². The Hall–Kier alpha value is -1.44. The summed E-state index contributed by atoms with van der Waals surface area (Å²) in [5.74, 6) is 0.128. The Morgan fingerprint density at radius 3 is 2.65 bits per heavy atom. The van der Waals surface area contributed by atoms with E-state index in [1.165, 1.54) is 12.1 Å². The molecule has 0 spiro atoms. The molecule has 7 heteroatoms. The molecule has 2 rings (SSSR count). The van der Waals surface area contributed by atoms with Crippen molar-refractivity contribution in [1.82, 2.24) is 4.31 Å². The molecule has 0 aliphatic carbocycles. The van der Waals surface area contributed by atoms with Gasteiger partial charge >= 0.3 is 0 Å². The third-order valence-electron chi connectivity index (χ3n) is 3.83. The first-order chi connectivity index (χ1) is 10.9. The van der Waals surface area contributed by atoms with E-state index >= 15 is 0 Å². The molecule has 1 heterocycles. The Kier molecular flexibility index (Phi) is 6.15. The van der Waals surface area contributed by atoms with E-state index in [0.29, 0.717) is 31.3 Å². The number of anilines is 1. The lowest BCUT2D eigenvalue weighted by atomic mass is 10.0. The smallest absolute Gasteiger partial charge is 0.250 e. The molecule has 1 aliphatic rings. The molecule has 0 aromatic heterocycles. The molecule has 0 radical (unpaired) electrons. The number of benzene rings is 1. The summed E-state index contributed by atoms with van der Waals surface area (Å²) in [5, 5.41) is 2.67. The number of rotatable bonds is 6. The van der Waals surface area contributed by atoms with Gasteiger partial charge in [0.1, 0.15) is 6.61 Å². The molecule has 6 nitrogen and oxygen atoms in total. The van der Waals surface area contributed by atoms with Gasteiger partial charge in [-0.25, -0.2) is 8.42 Å². The number of sulfonamides is 1. The monoisotopic (exact) mass is 340 g/mol. The number of hydrogen-bond donors (Lipinski definition) is 1. The molecule has 0 bridgehead atoms. The van der Waals surface area contributed by atoms with Crippen molar-refractivity contribution in [3.8, 4) is 0 Å². The van der Waals surface area contributed by atoms with Gasteiger partial charge < -0.3 is 10.1 Å². The summed E-state index contributed by atoms with van der Waals surface area (Å²) in [6.07, 6.45) is 1.96. The lowest BCUT2D eigenvalue weighted by Crippen LogP contribution is -2.39. The molecule has 1 atom stereocenters. The summed E-state index contributed by atoms with van der Waals surface area (Å²) < 4.78 is 31.8. The molecule has 1 saturated heterocycles. The maximum atomic E-state index is 12.6. The van der Waals surface area contributed by atoms with Gasteiger partial charge in [0, 0.05) is 25.4 Å². The van der Waals surface area contributed by atoms with Crippen molar-refractivity contribution in [3.63, 3.8) is 0 Å². The minimum atomic E-state index is -3.46. The maximum absolute atomic E-state index is 12.6. The van der Waals surface area contributed by atoms with Crippen LogP contribution in [-0.4, -0.2) is 44.9 Å². The Morgan fingerprint density at radius 2 is 2.04 bits per heavy atom. The second kappa shape index (κ2) is 7.90. The summed E-state index contributed by atoms with van der Waals surface area (Å²) in [7, 11) is -3.46. The van der Waals surface area contributed by atoms with E-state index in [-0.39, 0.29) is 17.4 Å². The summed E-state index contributed by atoms with van der Waals surface area (Å²) >= 11 is 0. The summed E-state index contributed by atoms with van der Waals surface area (Å²) in [6.45, 7) is 5.48. The van der Waals surface area contributed by atoms with Crippen molar-refractivity contribution in [2.45, 2.75) is 31.6 Å². The van der Waals surface area contributed by atoms with Crippen LogP contribution >= 0.6 is 0 Å². The number of carbonyl (C=O) groups excluding carboxylic acids is 1. The largest absolute Gasteiger partial charge is 0.372 e. The van der Waals surface area contributed by atoms with E-state index in [4.69, 9.17) is 4.74 Å². The van der Waals surface area contributed by atoms with Crippen molar-refractivity contribution >= 4 is 21.6 Å². The fourth-order valence-corrected chi connectivity index (χ4v) is 4.21. The summed E-state index contributed by atoms with van der Waals surface area (Å²) in [4.78, 5) is 11.8. The third-order valence-corrected chi connectivity index (χ3v) is 5.71. The molecular formula is C16H24N2O4S. The van der Waals surface area contributed by atoms with Gasteiger partial charge in [-0.1, -0.05) is 6.92 Å². The molecule has 1 N–H and O–H groups in total. The highest BCUT2D eigenvalue weighted by molar-refractivity contribution is 7.89. The van der Waals surface area contributed by atoms with Crippen LogP contribution in [-0.2, 0) is 19.6 Å². The Labute approximate surface area is 137 Å². The SMILES string of the molecule is CCOCC(=O)Nc1ccc(S(=O)(=O)N2CCCC(C)C2)cc1. The van der Waals surface area contributed by atoms with E-state index in [9.17, 15) is 13.2 Å². The molecule has 1 unspecified atom stereocenters. The van der Waals surface area contributed by atoms with Crippen LogP contribution in [0.25, 0.3) is 0 Å². The van der Waals surface area contributed by atoms with Crippen LogP contribution in [0.15, 0.2) is 29.2 Å². The van der Waals surface area contributed by atoms with Crippen LogP contribution in [0.3, 0.4) is 0 Å². The summed E-state index contributed by atoms with van der Waals surface area (Å²) in [6, 6.07) is 6.27. The highest BCUT2D eigenvalue weighted by atomic mass is 32.2. The third kappa shape index (κ3) is 4.76. The fraction of sp³-hybridized carbons (Fsp3) is 0.562. The first kappa shape index (κ1) is 17.9. The number of nitrogens with one attached hydrogen (secondary N) is 1. The van der Waals surface area contributed by atoms with E-state index in [2.05, 4.69) is 12.2 Å². The minimum Gasteiger partial charge on any atom is -0.372 e. The van der Waals surface area contributed by atoms with Gasteiger partial charge in [0.15, 0.2) is 0 Å². The quantitative estimate of drug-likeness (QED) is 0.860. The zero-order valence-corrected chi connectivity index (χ0v) is 14.4. The van der Waals surface area contributed by atoms with E-state index in [1.54, 1.807) is 16.4 Å². The zero-order valence-electron chi connectivity index (χ0n) is 13.6.